The van der Waals surface area contributed by atoms with Gasteiger partial charge in [0.05, 0.1) is 12.4 Å². The topological polar surface area (TPSA) is 232 Å². The summed E-state index contributed by atoms with van der Waals surface area (Å²) in [7, 11) is 0. The van der Waals surface area contributed by atoms with Gasteiger partial charge in [-0.15, -0.1) is 0 Å². The molecule has 9 N–H and O–H groups in total. The quantitative estimate of drug-likeness (QED) is 0.104. The van der Waals surface area contributed by atoms with Crippen molar-refractivity contribution in [1.82, 2.24) is 30.9 Å². The van der Waals surface area contributed by atoms with Gasteiger partial charge in [-0.05, 0) is 36.5 Å². The van der Waals surface area contributed by atoms with Crippen molar-refractivity contribution in [2.45, 2.75) is 56.3 Å². The third-order valence-corrected chi connectivity index (χ3v) is 7.22. The minimum atomic E-state index is -1.40. The maximum absolute atomic E-state index is 13.6. The number of hydrogen-bond donors (Lipinski definition) is 8. The van der Waals surface area contributed by atoms with Crippen molar-refractivity contribution in [1.29, 1.82) is 0 Å². The summed E-state index contributed by atoms with van der Waals surface area (Å²) in [6, 6.07) is 2.58. The van der Waals surface area contributed by atoms with Gasteiger partial charge >= 0.3 is 11.9 Å². The molecule has 42 heavy (non-hydrogen) atoms. The molecular formula is C27H35N7O7S. The number of carboxylic acids is 2. The van der Waals surface area contributed by atoms with Crippen LogP contribution >= 0.6 is 11.8 Å². The fourth-order valence-electron chi connectivity index (χ4n) is 4.28. The molecule has 0 bridgehead atoms. The van der Waals surface area contributed by atoms with Crippen LogP contribution in [0.4, 0.5) is 0 Å². The summed E-state index contributed by atoms with van der Waals surface area (Å²) in [6.45, 7) is 0. The molecule has 14 nitrogen and oxygen atoms in total. The van der Waals surface area contributed by atoms with E-state index in [2.05, 4.69) is 30.9 Å². The highest BCUT2D eigenvalue weighted by Gasteiger charge is 2.31. The number of thioether (sulfide) groups is 1. The van der Waals surface area contributed by atoms with Crippen molar-refractivity contribution in [3.8, 4) is 0 Å². The number of nitrogens with two attached hydrogens (primary N) is 1. The Morgan fingerprint density at radius 2 is 1.62 bits per heavy atom. The van der Waals surface area contributed by atoms with Crippen LogP contribution in [-0.4, -0.2) is 91.0 Å². The number of nitrogens with one attached hydrogen (secondary N) is 5. The lowest BCUT2D eigenvalue weighted by Gasteiger charge is -2.25. The third-order valence-electron chi connectivity index (χ3n) is 6.58. The number of fused-ring (bicyclic) bond motifs is 1. The standard InChI is InChI=1S/C27H35N7O7S/c1-42-9-8-18(28)24(37)33-21(10-15-12-30-19-5-3-2-4-17(15)19)26(39)32-20(6-7-23(35)36)25(38)34-22(27(40)41)11-16-13-29-14-31-16/h2-5,12-14,18,20-22,30H,6-11,28H2,1H3,(H,29,31)(H,32,39)(H,33,37)(H,34,38)(H,35,36)(H,40,41). The van der Waals surface area contributed by atoms with Crippen molar-refractivity contribution in [3.63, 3.8) is 0 Å². The van der Waals surface area contributed by atoms with Crippen molar-refractivity contribution < 1.29 is 34.2 Å². The Morgan fingerprint density at radius 1 is 0.929 bits per heavy atom. The van der Waals surface area contributed by atoms with Gasteiger partial charge in [-0.25, -0.2) is 9.78 Å². The number of rotatable bonds is 17. The van der Waals surface area contributed by atoms with Gasteiger partial charge in [-0.2, -0.15) is 11.8 Å². The van der Waals surface area contributed by atoms with Gasteiger partial charge in [0.25, 0.3) is 0 Å². The molecule has 4 atom stereocenters. The van der Waals surface area contributed by atoms with Crippen molar-refractivity contribution in [3.05, 3.63) is 54.2 Å². The van der Waals surface area contributed by atoms with Crippen LogP contribution in [0.1, 0.15) is 30.5 Å². The van der Waals surface area contributed by atoms with Gasteiger partial charge in [0.15, 0.2) is 0 Å². The Labute approximate surface area is 245 Å². The zero-order valence-corrected chi connectivity index (χ0v) is 23.8. The minimum absolute atomic E-state index is 0.0433. The van der Waals surface area contributed by atoms with Crippen LogP contribution in [0, 0.1) is 0 Å². The predicted octanol–water partition coefficient (Wildman–Crippen LogP) is 0.160. The number of aromatic amines is 2. The van der Waals surface area contributed by atoms with Gasteiger partial charge in [-0.3, -0.25) is 19.2 Å². The molecule has 0 saturated heterocycles. The van der Waals surface area contributed by atoms with E-state index in [0.717, 1.165) is 16.5 Å². The molecule has 3 aromatic rings. The summed E-state index contributed by atoms with van der Waals surface area (Å²) in [5.41, 5.74) is 8.03. The highest BCUT2D eigenvalue weighted by Crippen LogP contribution is 2.19. The van der Waals surface area contributed by atoms with Gasteiger partial charge in [-0.1, -0.05) is 18.2 Å². The number of imidazole rings is 1. The van der Waals surface area contributed by atoms with Crippen LogP contribution in [0.3, 0.4) is 0 Å². The predicted molar refractivity (Wildman–Crippen MR) is 156 cm³/mol. The summed E-state index contributed by atoms with van der Waals surface area (Å²) >= 11 is 1.52. The number of H-pyrrole nitrogens is 2. The van der Waals surface area contributed by atoms with Gasteiger partial charge in [0, 0.05) is 48.3 Å². The Morgan fingerprint density at radius 3 is 2.29 bits per heavy atom. The maximum Gasteiger partial charge on any atom is 0.326 e. The number of para-hydroxylation sites is 1. The Balaban J connectivity index is 1.82. The first-order valence-electron chi connectivity index (χ1n) is 13.2. The molecule has 15 heteroatoms. The zero-order chi connectivity index (χ0) is 30.6. The van der Waals surface area contributed by atoms with E-state index in [1.54, 1.807) is 6.20 Å². The first-order chi connectivity index (χ1) is 20.1. The molecule has 0 aliphatic carbocycles. The fraction of sp³-hybridized carbons (Fsp3) is 0.407. The molecule has 3 amide bonds. The lowest BCUT2D eigenvalue weighted by Crippen LogP contribution is -2.57. The SMILES string of the molecule is CSCCC(N)C(=O)NC(Cc1c[nH]c2ccccc12)C(=O)NC(CCC(=O)O)C(=O)NC(Cc1cnc[nH]1)C(=O)O. The Bertz CT molecular complexity index is 1380. The number of aromatic nitrogens is 3. The van der Waals surface area contributed by atoms with E-state index < -0.39 is 60.2 Å². The van der Waals surface area contributed by atoms with Crippen LogP contribution in [-0.2, 0) is 36.8 Å². The van der Waals surface area contributed by atoms with E-state index in [-0.39, 0.29) is 19.3 Å². The second kappa shape index (κ2) is 15.6. The van der Waals surface area contributed by atoms with Crippen molar-refractivity contribution in [2.24, 2.45) is 5.73 Å². The molecular weight excluding hydrogens is 566 g/mol. The van der Waals surface area contributed by atoms with E-state index >= 15 is 0 Å². The zero-order valence-electron chi connectivity index (χ0n) is 23.0. The summed E-state index contributed by atoms with van der Waals surface area (Å²) in [4.78, 5) is 72.5. The number of benzene rings is 1. The summed E-state index contributed by atoms with van der Waals surface area (Å²) in [6.07, 6.45) is 5.88. The normalized spacial score (nSPS) is 14.0. The molecule has 3 rings (SSSR count). The molecule has 2 aromatic heterocycles. The first kappa shape index (κ1) is 32.1. The highest BCUT2D eigenvalue weighted by molar-refractivity contribution is 7.98. The fourth-order valence-corrected chi connectivity index (χ4v) is 4.77. The average molecular weight is 602 g/mol. The average Bonchev–Trinajstić information content (AvgIpc) is 3.62. The number of hydrogen-bond acceptors (Lipinski definition) is 8. The lowest BCUT2D eigenvalue weighted by atomic mass is 10.0. The Kier molecular flexibility index (Phi) is 11.9. The number of carboxylic acid groups (broad SMARTS) is 2. The molecule has 2 heterocycles. The maximum atomic E-state index is 13.6. The van der Waals surface area contributed by atoms with Crippen molar-refractivity contribution in [2.75, 3.05) is 12.0 Å². The van der Waals surface area contributed by atoms with Gasteiger partial charge < -0.3 is 41.9 Å². The van der Waals surface area contributed by atoms with Crippen LogP contribution in [0.2, 0.25) is 0 Å². The smallest absolute Gasteiger partial charge is 0.326 e. The molecule has 0 aliphatic rings. The second-order valence-corrected chi connectivity index (χ2v) is 10.7. The van der Waals surface area contributed by atoms with E-state index in [0.29, 0.717) is 17.9 Å². The number of carbonyl (C=O) groups excluding carboxylic acids is 3. The molecule has 226 valence electrons. The molecule has 1 aromatic carbocycles. The van der Waals surface area contributed by atoms with Crippen LogP contribution in [0.15, 0.2) is 43.0 Å². The number of carbonyl (C=O) groups is 5. The van der Waals surface area contributed by atoms with E-state index in [1.165, 1.54) is 24.3 Å². The summed E-state index contributed by atoms with van der Waals surface area (Å²) in [5, 5.41) is 27.3. The second-order valence-electron chi connectivity index (χ2n) is 9.69. The largest absolute Gasteiger partial charge is 0.481 e. The Hall–Kier alpha value is -4.37. The number of nitrogens with zero attached hydrogens (tertiary/aromatic N) is 1. The van der Waals surface area contributed by atoms with Crippen LogP contribution < -0.4 is 21.7 Å². The highest BCUT2D eigenvalue weighted by atomic mass is 32.2. The summed E-state index contributed by atoms with van der Waals surface area (Å²) in [5.74, 6) is -4.10. The third kappa shape index (κ3) is 9.34. The minimum Gasteiger partial charge on any atom is -0.481 e. The van der Waals surface area contributed by atoms with Crippen LogP contribution in [0.5, 0.6) is 0 Å². The first-order valence-corrected chi connectivity index (χ1v) is 14.6. The molecule has 0 fully saturated rings. The van der Waals surface area contributed by atoms with Crippen LogP contribution in [0.25, 0.3) is 10.9 Å². The van der Waals surface area contributed by atoms with E-state index in [4.69, 9.17) is 5.73 Å². The number of amides is 3. The van der Waals surface area contributed by atoms with Gasteiger partial charge in [0.2, 0.25) is 17.7 Å². The monoisotopic (exact) mass is 601 g/mol. The number of aliphatic carboxylic acids is 2. The molecule has 0 saturated carbocycles. The summed E-state index contributed by atoms with van der Waals surface area (Å²) < 4.78 is 0. The lowest BCUT2D eigenvalue weighted by molar-refractivity contribution is -0.143. The van der Waals surface area contributed by atoms with E-state index in [1.807, 2.05) is 30.5 Å². The molecule has 0 spiro atoms. The van der Waals surface area contributed by atoms with Crippen molar-refractivity contribution >= 4 is 52.3 Å². The molecule has 4 unspecified atom stereocenters. The molecule has 0 aliphatic heterocycles. The van der Waals surface area contributed by atoms with Gasteiger partial charge in [0.1, 0.15) is 18.1 Å². The van der Waals surface area contributed by atoms with E-state index in [9.17, 15) is 34.2 Å². The molecule has 0 radical (unpaired) electrons.